The van der Waals surface area contributed by atoms with Gasteiger partial charge in [0.05, 0.1) is 17.7 Å². The number of hydrogen-bond acceptors (Lipinski definition) is 8. The summed E-state index contributed by atoms with van der Waals surface area (Å²) in [6.07, 6.45) is 0.557. The highest BCUT2D eigenvalue weighted by molar-refractivity contribution is 6.22. The fourth-order valence-electron chi connectivity index (χ4n) is 5.15. The summed E-state index contributed by atoms with van der Waals surface area (Å²) in [4.78, 5) is 65.9. The molecule has 1 heterocycles. The number of nitrogens with one attached hydrogen (secondary N) is 4. The van der Waals surface area contributed by atoms with E-state index in [0.717, 1.165) is 10.5 Å². The van der Waals surface area contributed by atoms with Gasteiger partial charge in [-0.15, -0.1) is 0 Å². The molecular weight excluding hydrogens is 597 g/mol. The first-order chi connectivity index (χ1) is 21.8. The van der Waals surface area contributed by atoms with E-state index in [1.165, 1.54) is 12.1 Å². The largest absolute Gasteiger partial charge is 0.480 e. The molecule has 3 atom stereocenters. The number of imide groups is 1. The van der Waals surface area contributed by atoms with Crippen LogP contribution in [0.2, 0.25) is 0 Å². The highest BCUT2D eigenvalue weighted by Crippen LogP contribution is 2.27. The number of carboxylic acids is 1. The van der Waals surface area contributed by atoms with Gasteiger partial charge in [0, 0.05) is 6.04 Å². The molecule has 5 N–H and O–H groups in total. The molecule has 1 aliphatic rings. The minimum absolute atomic E-state index is 0.0424. The van der Waals surface area contributed by atoms with E-state index >= 15 is 0 Å². The zero-order valence-corrected chi connectivity index (χ0v) is 26.3. The smallest absolute Gasteiger partial charge is 0.408 e. The molecule has 2 aromatic carbocycles. The molecule has 3 unspecified atom stereocenters. The molecule has 3 rings (SSSR count). The van der Waals surface area contributed by atoms with Crippen LogP contribution < -0.4 is 16.0 Å². The predicted octanol–water partition coefficient (Wildman–Crippen LogP) is 3.84. The van der Waals surface area contributed by atoms with Crippen molar-refractivity contribution in [2.24, 2.45) is 0 Å². The molecule has 13 heteroatoms. The summed E-state index contributed by atoms with van der Waals surface area (Å²) in [6, 6.07) is 12.5. The summed E-state index contributed by atoms with van der Waals surface area (Å²) < 4.78 is 18.0. The molecule has 0 radical (unpaired) electrons. The number of amides is 4. The fraction of sp³-hybridized carbons (Fsp3) is 0.455. The van der Waals surface area contributed by atoms with E-state index in [9.17, 15) is 33.5 Å². The lowest BCUT2D eigenvalue weighted by Gasteiger charge is -2.29. The second kappa shape index (κ2) is 16.6. The number of halogens is 1. The first-order valence-electron chi connectivity index (χ1n) is 15.2. The van der Waals surface area contributed by atoms with Crippen molar-refractivity contribution in [2.75, 3.05) is 13.1 Å². The van der Waals surface area contributed by atoms with E-state index in [1.54, 1.807) is 32.9 Å². The van der Waals surface area contributed by atoms with Crippen molar-refractivity contribution in [3.8, 4) is 0 Å². The minimum Gasteiger partial charge on any atom is -0.480 e. The Kier molecular flexibility index (Phi) is 12.9. The van der Waals surface area contributed by atoms with Crippen LogP contribution in [0.5, 0.6) is 0 Å². The van der Waals surface area contributed by atoms with E-state index in [0.29, 0.717) is 25.8 Å². The lowest BCUT2D eigenvalue weighted by atomic mass is 9.98. The third-order valence-corrected chi connectivity index (χ3v) is 7.27. The van der Waals surface area contributed by atoms with Gasteiger partial charge in [0.2, 0.25) is 5.91 Å². The second-order valence-corrected chi connectivity index (χ2v) is 12.1. The number of ether oxygens (including phenoxy) is 1. The van der Waals surface area contributed by atoms with Crippen LogP contribution in [-0.2, 0) is 20.7 Å². The summed E-state index contributed by atoms with van der Waals surface area (Å²) in [6.45, 7) is 5.12. The number of carboxylic acid groups (broad SMARTS) is 1. The van der Waals surface area contributed by atoms with E-state index in [4.69, 9.17) is 10.1 Å². The molecule has 0 bridgehead atoms. The van der Waals surface area contributed by atoms with Gasteiger partial charge in [0.1, 0.15) is 17.7 Å². The van der Waals surface area contributed by atoms with Gasteiger partial charge in [-0.05, 0) is 83.5 Å². The lowest BCUT2D eigenvalue weighted by Crippen LogP contribution is -2.52. The number of rotatable bonds is 17. The number of unbranched alkanes of at least 4 members (excludes halogenated alkanes) is 1. The SMILES string of the molecule is CC(C)(C)OC(=O)NC(CCC(Cc1ccccc1)NC(=O)C(CCCCNCC(=N)F)N1C(=O)c2ccccc2C1=O)C(=O)O. The van der Waals surface area contributed by atoms with Crippen LogP contribution in [0, 0.1) is 5.41 Å². The number of alkyl carbamates (subject to hydrolysis) is 1. The van der Waals surface area contributed by atoms with Crippen molar-refractivity contribution in [2.45, 2.75) is 83.0 Å². The fourth-order valence-corrected chi connectivity index (χ4v) is 5.15. The molecule has 46 heavy (non-hydrogen) atoms. The third-order valence-electron chi connectivity index (χ3n) is 7.27. The third kappa shape index (κ3) is 10.8. The maximum absolute atomic E-state index is 13.9. The Bertz CT molecular complexity index is 1380. The van der Waals surface area contributed by atoms with Gasteiger partial charge in [-0.1, -0.05) is 42.5 Å². The summed E-state index contributed by atoms with van der Waals surface area (Å²) in [7, 11) is 0. The van der Waals surface area contributed by atoms with E-state index in [1.807, 2.05) is 30.3 Å². The molecule has 0 aromatic heterocycles. The molecule has 0 saturated carbocycles. The minimum atomic E-state index is -1.30. The van der Waals surface area contributed by atoms with Crippen LogP contribution in [-0.4, -0.2) is 82.6 Å². The molecule has 4 amide bonds. The summed E-state index contributed by atoms with van der Waals surface area (Å²) in [5.41, 5.74) is 0.433. The quantitative estimate of drug-likeness (QED) is 0.0985. The number of benzene rings is 2. The Morgan fingerprint density at radius 3 is 2.09 bits per heavy atom. The number of fused-ring (bicyclic) bond motifs is 1. The molecule has 0 saturated heterocycles. The summed E-state index contributed by atoms with van der Waals surface area (Å²) in [5.74, 6) is -4.02. The molecule has 12 nitrogen and oxygen atoms in total. The molecule has 248 valence electrons. The van der Waals surface area contributed by atoms with Crippen LogP contribution in [0.4, 0.5) is 9.18 Å². The number of carbonyl (C=O) groups is 5. The zero-order valence-electron chi connectivity index (χ0n) is 26.3. The van der Waals surface area contributed by atoms with Crippen molar-refractivity contribution in [1.29, 1.82) is 5.41 Å². The van der Waals surface area contributed by atoms with Crippen molar-refractivity contribution in [1.82, 2.24) is 20.9 Å². The Balaban J connectivity index is 1.80. The second-order valence-electron chi connectivity index (χ2n) is 12.1. The highest BCUT2D eigenvalue weighted by Gasteiger charge is 2.42. The van der Waals surface area contributed by atoms with Crippen molar-refractivity contribution in [3.63, 3.8) is 0 Å². The zero-order chi connectivity index (χ0) is 33.9. The van der Waals surface area contributed by atoms with Gasteiger partial charge in [-0.2, -0.15) is 4.39 Å². The van der Waals surface area contributed by atoms with E-state index in [2.05, 4.69) is 16.0 Å². The van der Waals surface area contributed by atoms with Crippen molar-refractivity contribution < 1.29 is 38.2 Å². The Morgan fingerprint density at radius 1 is 0.913 bits per heavy atom. The van der Waals surface area contributed by atoms with Crippen LogP contribution in [0.15, 0.2) is 54.6 Å². The molecule has 0 fully saturated rings. The van der Waals surface area contributed by atoms with E-state index in [-0.39, 0.29) is 36.9 Å². The van der Waals surface area contributed by atoms with Gasteiger partial charge in [0.25, 0.3) is 11.8 Å². The van der Waals surface area contributed by atoms with Crippen molar-refractivity contribution >= 4 is 35.7 Å². The molecule has 0 spiro atoms. The maximum Gasteiger partial charge on any atom is 0.408 e. The molecular formula is C33H42FN5O7. The monoisotopic (exact) mass is 639 g/mol. The van der Waals surface area contributed by atoms with Gasteiger partial charge < -0.3 is 25.8 Å². The van der Waals surface area contributed by atoms with Gasteiger partial charge in [-0.25, -0.2) is 9.59 Å². The highest BCUT2D eigenvalue weighted by atomic mass is 19.1. The molecule has 2 aromatic rings. The number of carbonyl (C=O) groups excluding carboxylic acids is 4. The van der Waals surface area contributed by atoms with Crippen LogP contribution in [0.25, 0.3) is 0 Å². The summed E-state index contributed by atoms with van der Waals surface area (Å²) >= 11 is 0. The van der Waals surface area contributed by atoms with Crippen LogP contribution >= 0.6 is 0 Å². The average Bonchev–Trinajstić information content (AvgIpc) is 3.23. The average molecular weight is 640 g/mol. The van der Waals surface area contributed by atoms with E-state index < -0.39 is 59.5 Å². The number of nitrogens with zero attached hydrogens (tertiary/aromatic N) is 1. The summed E-state index contributed by atoms with van der Waals surface area (Å²) in [5, 5.41) is 24.8. The van der Waals surface area contributed by atoms with Crippen LogP contribution in [0.1, 0.15) is 79.2 Å². The van der Waals surface area contributed by atoms with Crippen LogP contribution in [0.3, 0.4) is 0 Å². The predicted molar refractivity (Wildman–Crippen MR) is 168 cm³/mol. The Morgan fingerprint density at radius 2 is 1.52 bits per heavy atom. The number of hydrogen-bond donors (Lipinski definition) is 5. The maximum atomic E-state index is 13.9. The Hall–Kier alpha value is -4.65. The first kappa shape index (κ1) is 35.8. The van der Waals surface area contributed by atoms with Gasteiger partial charge >= 0.3 is 12.1 Å². The molecule has 0 aliphatic carbocycles. The van der Waals surface area contributed by atoms with Crippen molar-refractivity contribution in [3.05, 3.63) is 71.3 Å². The Labute approximate surface area is 267 Å². The topological polar surface area (TPSA) is 178 Å². The lowest BCUT2D eigenvalue weighted by molar-refractivity contribution is -0.139. The molecule has 1 aliphatic heterocycles. The van der Waals surface area contributed by atoms with Gasteiger partial charge in [0.15, 0.2) is 5.97 Å². The normalized spacial score (nSPS) is 14.7. The number of aliphatic carboxylic acids is 1. The standard InChI is InChI=1S/C33H42FN5O7/c1-33(2,3)46-32(45)38-25(31(43)44)17-16-22(19-21-11-5-4-6-12-21)37-28(40)26(15-9-10-18-36-20-27(34)35)39-29(41)23-13-7-8-14-24(23)30(39)42/h4-8,11-14,22,25-26,35-36H,9-10,15-20H2,1-3H3,(H,37,40)(H,38,45)(H,43,44). The first-order valence-corrected chi connectivity index (χ1v) is 15.2. The van der Waals surface area contributed by atoms with Gasteiger partial charge in [-0.3, -0.25) is 24.7 Å².